The van der Waals surface area contributed by atoms with Crippen LogP contribution in [0.2, 0.25) is 0 Å². The molecule has 5 rings (SSSR count). The number of hydrogen-bond donors (Lipinski definition) is 2. The summed E-state index contributed by atoms with van der Waals surface area (Å²) >= 11 is 0. The number of likely N-dealkylation sites (N-methyl/N-ethyl adjacent to an activating group) is 1. The SMILES string of the molecule is Cc1[nH]c2ccccc2c1C1/C(=C(\O)c2ccc3ccccc3c2)C(=O)C(=O)N1CCN(C)C. The van der Waals surface area contributed by atoms with Gasteiger partial charge in [-0.25, -0.2) is 0 Å². The van der Waals surface area contributed by atoms with E-state index in [9.17, 15) is 14.7 Å². The van der Waals surface area contributed by atoms with E-state index < -0.39 is 17.7 Å². The predicted octanol–water partition coefficient (Wildman–Crippen LogP) is 4.61. The van der Waals surface area contributed by atoms with Crippen molar-refractivity contribution >= 4 is 39.1 Å². The van der Waals surface area contributed by atoms with Gasteiger partial charge in [0.15, 0.2) is 0 Å². The number of aryl methyl sites for hydroxylation is 1. The number of nitrogens with one attached hydrogen (secondary N) is 1. The van der Waals surface area contributed by atoms with E-state index >= 15 is 0 Å². The highest BCUT2D eigenvalue weighted by molar-refractivity contribution is 6.46. The average Bonchev–Trinajstić information content (AvgIpc) is 3.29. The van der Waals surface area contributed by atoms with Gasteiger partial charge in [-0.1, -0.05) is 54.6 Å². The summed E-state index contributed by atoms with van der Waals surface area (Å²) in [6.45, 7) is 2.91. The number of aliphatic hydroxyl groups excluding tert-OH is 1. The Labute approximate surface area is 198 Å². The maximum Gasteiger partial charge on any atom is 0.295 e. The smallest absolute Gasteiger partial charge is 0.295 e. The number of aliphatic hydroxyl groups is 1. The van der Waals surface area contributed by atoms with Gasteiger partial charge in [-0.05, 0) is 43.9 Å². The zero-order chi connectivity index (χ0) is 24.0. The zero-order valence-corrected chi connectivity index (χ0v) is 19.5. The Bertz CT molecular complexity index is 1460. The van der Waals surface area contributed by atoms with Crippen LogP contribution in [0.5, 0.6) is 0 Å². The van der Waals surface area contributed by atoms with Crippen molar-refractivity contribution in [1.29, 1.82) is 0 Å². The number of ketones is 1. The van der Waals surface area contributed by atoms with Gasteiger partial charge in [-0.2, -0.15) is 0 Å². The van der Waals surface area contributed by atoms with Gasteiger partial charge < -0.3 is 19.9 Å². The van der Waals surface area contributed by atoms with E-state index in [4.69, 9.17) is 0 Å². The van der Waals surface area contributed by atoms with Crippen molar-refractivity contribution < 1.29 is 14.7 Å². The Hall–Kier alpha value is -3.90. The van der Waals surface area contributed by atoms with E-state index in [0.717, 1.165) is 32.9 Å². The number of likely N-dealkylation sites (tertiary alicyclic amines) is 1. The van der Waals surface area contributed by atoms with Crippen molar-refractivity contribution in [3.8, 4) is 0 Å². The van der Waals surface area contributed by atoms with Gasteiger partial charge in [0.05, 0.1) is 11.6 Å². The third-order valence-corrected chi connectivity index (χ3v) is 6.57. The van der Waals surface area contributed by atoms with E-state index in [1.54, 1.807) is 11.0 Å². The topological polar surface area (TPSA) is 76.6 Å². The monoisotopic (exact) mass is 453 g/mol. The summed E-state index contributed by atoms with van der Waals surface area (Å²) < 4.78 is 0. The fourth-order valence-corrected chi connectivity index (χ4v) is 4.86. The Morgan fingerprint density at radius 2 is 1.71 bits per heavy atom. The average molecular weight is 454 g/mol. The minimum Gasteiger partial charge on any atom is -0.507 e. The second-order valence-corrected chi connectivity index (χ2v) is 9.07. The molecule has 0 spiro atoms. The summed E-state index contributed by atoms with van der Waals surface area (Å²) in [4.78, 5) is 33.5. The molecule has 1 saturated heterocycles. The molecule has 0 aliphatic carbocycles. The lowest BCUT2D eigenvalue weighted by Gasteiger charge is -2.27. The molecule has 0 radical (unpaired) electrons. The number of nitrogens with zero attached hydrogens (tertiary/aromatic N) is 2. The summed E-state index contributed by atoms with van der Waals surface area (Å²) in [6.07, 6.45) is 0. The minimum absolute atomic E-state index is 0.131. The first-order chi connectivity index (χ1) is 16.4. The lowest BCUT2D eigenvalue weighted by atomic mass is 9.93. The Morgan fingerprint density at radius 3 is 2.47 bits per heavy atom. The highest BCUT2D eigenvalue weighted by Gasteiger charge is 2.47. The number of aromatic nitrogens is 1. The van der Waals surface area contributed by atoms with Crippen molar-refractivity contribution in [1.82, 2.24) is 14.8 Å². The number of Topliss-reactive ketones (excluding diaryl/α,β-unsaturated/α-hetero) is 1. The van der Waals surface area contributed by atoms with E-state index in [1.165, 1.54) is 0 Å². The first-order valence-corrected chi connectivity index (χ1v) is 11.4. The number of rotatable bonds is 5. The molecule has 3 aromatic carbocycles. The lowest BCUT2D eigenvalue weighted by molar-refractivity contribution is -0.140. The fraction of sp³-hybridized carbons (Fsp3) is 0.214. The molecular weight excluding hydrogens is 426 g/mol. The van der Waals surface area contributed by atoms with Crippen molar-refractivity contribution in [3.05, 3.63) is 89.1 Å². The lowest BCUT2D eigenvalue weighted by Crippen LogP contribution is -2.35. The van der Waals surface area contributed by atoms with Crippen LogP contribution in [0, 0.1) is 6.92 Å². The van der Waals surface area contributed by atoms with Crippen LogP contribution in [0.25, 0.3) is 27.4 Å². The number of amides is 1. The summed E-state index contributed by atoms with van der Waals surface area (Å²) in [5.41, 5.74) is 3.29. The van der Waals surface area contributed by atoms with Crippen LogP contribution in [0.15, 0.2) is 72.3 Å². The van der Waals surface area contributed by atoms with Crippen molar-refractivity contribution in [2.24, 2.45) is 0 Å². The molecule has 1 aliphatic rings. The highest BCUT2D eigenvalue weighted by atomic mass is 16.3. The van der Waals surface area contributed by atoms with Crippen LogP contribution in [0.4, 0.5) is 0 Å². The standard InChI is InChI=1S/C28H27N3O3/c1-17-23(21-10-6-7-11-22(21)29-17)25-24(27(33)28(34)31(25)15-14-30(2)3)26(32)20-13-12-18-8-4-5-9-19(18)16-20/h4-13,16,25,29,32H,14-15H2,1-3H3/b26-24+. The van der Waals surface area contributed by atoms with Crippen LogP contribution in [0.3, 0.4) is 0 Å². The Kier molecular flexibility index (Phi) is 5.46. The molecule has 1 aliphatic heterocycles. The van der Waals surface area contributed by atoms with Crippen molar-refractivity contribution in [2.75, 3.05) is 27.2 Å². The van der Waals surface area contributed by atoms with Gasteiger partial charge in [0.25, 0.3) is 11.7 Å². The molecule has 34 heavy (non-hydrogen) atoms. The molecular formula is C28H27N3O3. The van der Waals surface area contributed by atoms with Crippen LogP contribution in [-0.4, -0.2) is 58.8 Å². The highest BCUT2D eigenvalue weighted by Crippen LogP contribution is 2.43. The van der Waals surface area contributed by atoms with Crippen molar-refractivity contribution in [3.63, 3.8) is 0 Å². The second-order valence-electron chi connectivity index (χ2n) is 9.07. The van der Waals surface area contributed by atoms with Gasteiger partial charge >= 0.3 is 0 Å². The molecule has 1 unspecified atom stereocenters. The number of H-pyrrole nitrogens is 1. The number of fused-ring (bicyclic) bond motifs is 2. The number of aromatic amines is 1. The number of carbonyl (C=O) groups excluding carboxylic acids is 2. The molecule has 2 N–H and O–H groups in total. The van der Waals surface area contributed by atoms with Gasteiger partial charge in [0.1, 0.15) is 5.76 Å². The summed E-state index contributed by atoms with van der Waals surface area (Å²) in [5, 5.41) is 14.4. The van der Waals surface area contributed by atoms with Crippen LogP contribution >= 0.6 is 0 Å². The number of carbonyl (C=O) groups is 2. The van der Waals surface area contributed by atoms with E-state index in [-0.39, 0.29) is 11.3 Å². The maximum atomic E-state index is 13.4. The number of benzene rings is 3. The normalized spacial score (nSPS) is 18.0. The molecule has 4 aromatic rings. The molecule has 1 aromatic heterocycles. The van der Waals surface area contributed by atoms with Crippen LogP contribution in [-0.2, 0) is 9.59 Å². The first-order valence-electron chi connectivity index (χ1n) is 11.4. The minimum atomic E-state index is -0.678. The molecule has 0 saturated carbocycles. The zero-order valence-electron chi connectivity index (χ0n) is 19.5. The van der Waals surface area contributed by atoms with E-state index in [1.807, 2.05) is 86.6 Å². The molecule has 6 nitrogen and oxygen atoms in total. The third-order valence-electron chi connectivity index (χ3n) is 6.57. The number of para-hydroxylation sites is 1. The summed E-state index contributed by atoms with van der Waals surface area (Å²) in [5.74, 6) is -1.39. The second kappa shape index (κ2) is 8.47. The maximum absolute atomic E-state index is 13.4. The summed E-state index contributed by atoms with van der Waals surface area (Å²) in [7, 11) is 3.86. The van der Waals surface area contributed by atoms with E-state index in [0.29, 0.717) is 18.7 Å². The largest absolute Gasteiger partial charge is 0.507 e. The Balaban J connectivity index is 1.73. The predicted molar refractivity (Wildman–Crippen MR) is 135 cm³/mol. The van der Waals surface area contributed by atoms with E-state index in [2.05, 4.69) is 4.98 Å². The van der Waals surface area contributed by atoms with Gasteiger partial charge in [0, 0.05) is 40.8 Å². The van der Waals surface area contributed by atoms with Crippen molar-refractivity contribution in [2.45, 2.75) is 13.0 Å². The molecule has 0 bridgehead atoms. The molecule has 1 fully saturated rings. The fourth-order valence-electron chi connectivity index (χ4n) is 4.86. The quantitative estimate of drug-likeness (QED) is 0.263. The molecule has 1 atom stereocenters. The number of hydrogen-bond acceptors (Lipinski definition) is 4. The van der Waals surface area contributed by atoms with Crippen LogP contribution < -0.4 is 0 Å². The molecule has 1 amide bonds. The third kappa shape index (κ3) is 3.56. The van der Waals surface area contributed by atoms with Gasteiger partial charge in [-0.3, -0.25) is 9.59 Å². The van der Waals surface area contributed by atoms with Crippen LogP contribution in [0.1, 0.15) is 22.9 Å². The Morgan fingerprint density at radius 1 is 1.00 bits per heavy atom. The first kappa shape index (κ1) is 21.9. The summed E-state index contributed by atoms with van der Waals surface area (Å²) in [6, 6.07) is 20.6. The molecule has 172 valence electrons. The van der Waals surface area contributed by atoms with Gasteiger partial charge in [-0.15, -0.1) is 0 Å². The van der Waals surface area contributed by atoms with Gasteiger partial charge in [0.2, 0.25) is 0 Å². The molecule has 6 heteroatoms. The molecule has 2 heterocycles.